The molecule has 0 aromatic carbocycles. The molecule has 0 aliphatic heterocycles. The molecular formula is C10H13N3S2. The zero-order valence-corrected chi connectivity index (χ0v) is 10.6. The fourth-order valence-corrected chi connectivity index (χ4v) is 3.18. The van der Waals surface area contributed by atoms with Gasteiger partial charge in [0.1, 0.15) is 5.01 Å². The van der Waals surface area contributed by atoms with Crippen molar-refractivity contribution in [3.8, 4) is 9.88 Å². The molecule has 15 heavy (non-hydrogen) atoms. The van der Waals surface area contributed by atoms with Gasteiger partial charge in [0.15, 0.2) is 5.01 Å². The van der Waals surface area contributed by atoms with E-state index in [1.807, 2.05) is 7.05 Å². The van der Waals surface area contributed by atoms with Gasteiger partial charge in [-0.25, -0.2) is 0 Å². The van der Waals surface area contributed by atoms with Crippen LogP contribution in [0.1, 0.15) is 15.4 Å². The standard InChI is InChI=1S/C10H13N3S2/c1-6-4-8(14-7(6)2)10-13-12-9(15-10)5-11-3/h4,11H,5H2,1-3H3. The van der Waals surface area contributed by atoms with E-state index in [1.165, 1.54) is 15.3 Å². The molecule has 0 saturated carbocycles. The zero-order chi connectivity index (χ0) is 10.8. The van der Waals surface area contributed by atoms with Crippen LogP contribution in [-0.2, 0) is 6.54 Å². The summed E-state index contributed by atoms with van der Waals surface area (Å²) in [5.41, 5.74) is 1.33. The number of rotatable bonds is 3. The topological polar surface area (TPSA) is 37.8 Å². The van der Waals surface area contributed by atoms with Gasteiger partial charge in [-0.15, -0.1) is 21.5 Å². The molecule has 0 aliphatic rings. The Balaban J connectivity index is 2.28. The first kappa shape index (κ1) is 10.7. The van der Waals surface area contributed by atoms with E-state index in [1.54, 1.807) is 22.7 Å². The SMILES string of the molecule is CNCc1nnc(-c2cc(C)c(C)s2)s1. The summed E-state index contributed by atoms with van der Waals surface area (Å²) in [5.74, 6) is 0. The van der Waals surface area contributed by atoms with Crippen molar-refractivity contribution in [2.24, 2.45) is 0 Å². The number of nitrogens with zero attached hydrogens (tertiary/aromatic N) is 2. The molecule has 0 aliphatic carbocycles. The Hall–Kier alpha value is -0.780. The van der Waals surface area contributed by atoms with Crippen LogP contribution in [0.4, 0.5) is 0 Å². The summed E-state index contributed by atoms with van der Waals surface area (Å²) in [6, 6.07) is 2.18. The van der Waals surface area contributed by atoms with Gasteiger partial charge in [0, 0.05) is 11.4 Å². The third-order valence-corrected chi connectivity index (χ3v) is 4.42. The van der Waals surface area contributed by atoms with Crippen LogP contribution in [0.2, 0.25) is 0 Å². The summed E-state index contributed by atoms with van der Waals surface area (Å²) in [4.78, 5) is 2.58. The average Bonchev–Trinajstić information content (AvgIpc) is 2.76. The van der Waals surface area contributed by atoms with E-state index in [0.29, 0.717) is 0 Å². The largest absolute Gasteiger partial charge is 0.313 e. The molecule has 2 aromatic heterocycles. The molecule has 0 amide bonds. The molecule has 0 saturated heterocycles. The van der Waals surface area contributed by atoms with Gasteiger partial charge >= 0.3 is 0 Å². The lowest BCUT2D eigenvalue weighted by molar-refractivity contribution is 0.795. The second-order valence-corrected chi connectivity index (χ2v) is 5.70. The number of aryl methyl sites for hydroxylation is 2. The molecule has 0 spiro atoms. The van der Waals surface area contributed by atoms with E-state index >= 15 is 0 Å². The maximum atomic E-state index is 4.20. The normalized spacial score (nSPS) is 10.9. The first-order chi connectivity index (χ1) is 7.20. The van der Waals surface area contributed by atoms with Crippen molar-refractivity contribution >= 4 is 22.7 Å². The van der Waals surface area contributed by atoms with Crippen molar-refractivity contribution in [1.82, 2.24) is 15.5 Å². The van der Waals surface area contributed by atoms with Crippen molar-refractivity contribution in [3.63, 3.8) is 0 Å². The van der Waals surface area contributed by atoms with Gasteiger partial charge < -0.3 is 5.32 Å². The zero-order valence-electron chi connectivity index (χ0n) is 9.00. The van der Waals surface area contributed by atoms with Gasteiger partial charge in [0.25, 0.3) is 0 Å². The fraction of sp³-hybridized carbons (Fsp3) is 0.400. The molecule has 0 fully saturated rings. The predicted octanol–water partition coefficient (Wildman–Crippen LogP) is 2.60. The number of thiophene rings is 1. The smallest absolute Gasteiger partial charge is 0.157 e. The second-order valence-electron chi connectivity index (χ2n) is 3.38. The van der Waals surface area contributed by atoms with Gasteiger partial charge in [0.05, 0.1) is 4.88 Å². The first-order valence-electron chi connectivity index (χ1n) is 4.75. The van der Waals surface area contributed by atoms with Crippen LogP contribution in [0, 0.1) is 13.8 Å². The molecule has 0 radical (unpaired) electrons. The monoisotopic (exact) mass is 239 g/mol. The number of hydrogen-bond donors (Lipinski definition) is 1. The molecule has 2 heterocycles. The fourth-order valence-electron chi connectivity index (χ4n) is 1.25. The summed E-state index contributed by atoms with van der Waals surface area (Å²) in [5, 5.41) is 13.5. The van der Waals surface area contributed by atoms with Crippen LogP contribution < -0.4 is 5.32 Å². The van der Waals surface area contributed by atoms with E-state index < -0.39 is 0 Å². The molecule has 3 nitrogen and oxygen atoms in total. The van der Waals surface area contributed by atoms with Gasteiger partial charge in [-0.2, -0.15) is 0 Å². The van der Waals surface area contributed by atoms with Crippen LogP contribution in [0.5, 0.6) is 0 Å². The summed E-state index contributed by atoms with van der Waals surface area (Å²) in [6.45, 7) is 5.06. The van der Waals surface area contributed by atoms with Gasteiger partial charge in [-0.1, -0.05) is 11.3 Å². The lowest BCUT2D eigenvalue weighted by atomic mass is 10.3. The minimum absolute atomic E-state index is 0.793. The highest BCUT2D eigenvalue weighted by atomic mass is 32.1. The highest BCUT2D eigenvalue weighted by molar-refractivity contribution is 7.21. The second kappa shape index (κ2) is 4.38. The summed E-state index contributed by atoms with van der Waals surface area (Å²) < 4.78 is 0. The van der Waals surface area contributed by atoms with Crippen molar-refractivity contribution in [2.45, 2.75) is 20.4 Å². The maximum Gasteiger partial charge on any atom is 0.157 e. The summed E-state index contributed by atoms with van der Waals surface area (Å²) in [6.07, 6.45) is 0. The predicted molar refractivity (Wildman–Crippen MR) is 65.5 cm³/mol. The molecule has 2 aromatic rings. The van der Waals surface area contributed by atoms with Gasteiger partial charge in [-0.3, -0.25) is 0 Å². The number of aromatic nitrogens is 2. The van der Waals surface area contributed by atoms with Crippen LogP contribution in [0.3, 0.4) is 0 Å². The van der Waals surface area contributed by atoms with Crippen molar-refractivity contribution in [1.29, 1.82) is 0 Å². The molecule has 1 N–H and O–H groups in total. The number of hydrogen-bond acceptors (Lipinski definition) is 5. The Bertz CT molecular complexity index is 439. The quantitative estimate of drug-likeness (QED) is 0.894. The Morgan fingerprint density at radius 1 is 1.27 bits per heavy atom. The third-order valence-electron chi connectivity index (χ3n) is 2.17. The van der Waals surface area contributed by atoms with E-state index in [4.69, 9.17) is 0 Å². The highest BCUT2D eigenvalue weighted by Crippen LogP contribution is 2.32. The highest BCUT2D eigenvalue weighted by Gasteiger charge is 2.09. The summed E-state index contributed by atoms with van der Waals surface area (Å²) in [7, 11) is 1.92. The minimum atomic E-state index is 0.793. The van der Waals surface area contributed by atoms with Crippen molar-refractivity contribution < 1.29 is 0 Å². The summed E-state index contributed by atoms with van der Waals surface area (Å²) >= 11 is 3.44. The molecule has 0 unspecified atom stereocenters. The van der Waals surface area contributed by atoms with E-state index in [9.17, 15) is 0 Å². The molecular weight excluding hydrogens is 226 g/mol. The van der Waals surface area contributed by atoms with Crippen molar-refractivity contribution in [3.05, 3.63) is 21.5 Å². The Morgan fingerprint density at radius 2 is 2.07 bits per heavy atom. The lowest BCUT2D eigenvalue weighted by Gasteiger charge is -1.88. The molecule has 2 rings (SSSR count). The third kappa shape index (κ3) is 2.25. The van der Waals surface area contributed by atoms with Crippen LogP contribution in [-0.4, -0.2) is 17.2 Å². The first-order valence-corrected chi connectivity index (χ1v) is 6.38. The minimum Gasteiger partial charge on any atom is -0.313 e. The Labute approximate surface area is 97.2 Å². The van der Waals surface area contributed by atoms with Gasteiger partial charge in [0.2, 0.25) is 0 Å². The van der Waals surface area contributed by atoms with E-state index in [2.05, 4.69) is 35.4 Å². The molecule has 0 atom stereocenters. The van der Waals surface area contributed by atoms with E-state index in [-0.39, 0.29) is 0 Å². The van der Waals surface area contributed by atoms with Crippen molar-refractivity contribution in [2.75, 3.05) is 7.05 Å². The van der Waals surface area contributed by atoms with Crippen LogP contribution in [0.15, 0.2) is 6.07 Å². The Kier molecular flexibility index (Phi) is 3.14. The van der Waals surface area contributed by atoms with Gasteiger partial charge in [-0.05, 0) is 32.5 Å². The lowest BCUT2D eigenvalue weighted by Crippen LogP contribution is -2.04. The van der Waals surface area contributed by atoms with Crippen LogP contribution in [0.25, 0.3) is 9.88 Å². The maximum absolute atomic E-state index is 4.20. The molecule has 80 valence electrons. The Morgan fingerprint density at radius 3 is 2.67 bits per heavy atom. The van der Waals surface area contributed by atoms with Crippen LogP contribution >= 0.6 is 22.7 Å². The molecule has 0 bridgehead atoms. The number of nitrogens with one attached hydrogen (secondary N) is 1. The van der Waals surface area contributed by atoms with E-state index in [0.717, 1.165) is 16.6 Å². The molecule has 5 heteroatoms. The average molecular weight is 239 g/mol.